The molecule has 0 saturated carbocycles. The van der Waals surface area contributed by atoms with Crippen LogP contribution in [0.4, 0.5) is 26.3 Å². The molecule has 0 aliphatic heterocycles. The fourth-order valence-corrected chi connectivity index (χ4v) is 3.22. The van der Waals surface area contributed by atoms with Crippen molar-refractivity contribution in [3.05, 3.63) is 70.8 Å². The number of alkyl halides is 6. The first-order valence-electron chi connectivity index (χ1n) is 8.43. The third-order valence-corrected chi connectivity index (χ3v) is 4.83. The number of benzene rings is 2. The van der Waals surface area contributed by atoms with E-state index in [1.165, 1.54) is 13.8 Å². The molecule has 0 fully saturated rings. The molecule has 2 nitrogen and oxygen atoms in total. The SMILES string of the molecule is CC(=O)c1ccc(C2=C(c3ccc(C(C)=O)cc3)C(F)(F)C(F)(F)C2(F)F)cc1. The number of allylic oxidation sites excluding steroid dienone is 2. The van der Waals surface area contributed by atoms with Gasteiger partial charge in [0.05, 0.1) is 0 Å². The summed E-state index contributed by atoms with van der Waals surface area (Å²) in [6, 6.07) is 8.14. The minimum atomic E-state index is -5.66. The van der Waals surface area contributed by atoms with Crippen LogP contribution < -0.4 is 0 Å². The van der Waals surface area contributed by atoms with Gasteiger partial charge in [-0.05, 0) is 25.0 Å². The third kappa shape index (κ3) is 2.97. The Morgan fingerprint density at radius 2 is 0.862 bits per heavy atom. The molecule has 0 spiro atoms. The second kappa shape index (κ2) is 6.57. The summed E-state index contributed by atoms with van der Waals surface area (Å²) in [6.07, 6.45) is 0. The zero-order chi connectivity index (χ0) is 21.8. The predicted octanol–water partition coefficient (Wildman–Crippen LogP) is 5.92. The number of rotatable bonds is 4. The lowest BCUT2D eigenvalue weighted by Gasteiger charge is -2.25. The number of halogens is 6. The third-order valence-electron chi connectivity index (χ3n) is 4.83. The lowest BCUT2D eigenvalue weighted by Crippen LogP contribution is -2.48. The van der Waals surface area contributed by atoms with Crippen LogP contribution in [0.15, 0.2) is 48.5 Å². The predicted molar refractivity (Wildman–Crippen MR) is 94.5 cm³/mol. The summed E-state index contributed by atoms with van der Waals surface area (Å²) in [6.45, 7) is 2.42. The fraction of sp³-hybridized carbons (Fsp3) is 0.238. The summed E-state index contributed by atoms with van der Waals surface area (Å²) in [7, 11) is 0. The molecule has 0 aromatic heterocycles. The first-order chi connectivity index (χ1) is 13.3. The van der Waals surface area contributed by atoms with Crippen molar-refractivity contribution in [2.75, 3.05) is 0 Å². The molecule has 2 aromatic carbocycles. The van der Waals surface area contributed by atoms with Crippen LogP contribution in [-0.4, -0.2) is 29.3 Å². The van der Waals surface area contributed by atoms with Crippen molar-refractivity contribution in [3.63, 3.8) is 0 Å². The van der Waals surface area contributed by atoms with Crippen molar-refractivity contribution in [1.82, 2.24) is 0 Å². The lowest BCUT2D eigenvalue weighted by molar-refractivity contribution is -0.254. The number of carbonyl (C=O) groups is 2. The van der Waals surface area contributed by atoms with E-state index in [1.807, 2.05) is 0 Å². The maximum Gasteiger partial charge on any atom is 0.380 e. The van der Waals surface area contributed by atoms with E-state index in [2.05, 4.69) is 0 Å². The van der Waals surface area contributed by atoms with Gasteiger partial charge < -0.3 is 0 Å². The molecule has 3 rings (SSSR count). The zero-order valence-corrected chi connectivity index (χ0v) is 15.2. The van der Waals surface area contributed by atoms with Gasteiger partial charge in [0, 0.05) is 22.3 Å². The summed E-state index contributed by atoms with van der Waals surface area (Å²) in [5, 5.41) is 0. The van der Waals surface area contributed by atoms with Crippen LogP contribution in [-0.2, 0) is 0 Å². The van der Waals surface area contributed by atoms with Crippen molar-refractivity contribution >= 4 is 22.7 Å². The molecule has 1 aliphatic rings. The molecule has 152 valence electrons. The molecule has 0 atom stereocenters. The molecule has 2 aromatic rings. The molecule has 0 radical (unpaired) electrons. The van der Waals surface area contributed by atoms with Crippen molar-refractivity contribution in [1.29, 1.82) is 0 Å². The van der Waals surface area contributed by atoms with E-state index in [9.17, 15) is 35.9 Å². The van der Waals surface area contributed by atoms with Crippen molar-refractivity contribution < 1.29 is 35.9 Å². The molecule has 0 saturated heterocycles. The van der Waals surface area contributed by atoms with Gasteiger partial charge in [0.15, 0.2) is 11.6 Å². The quantitative estimate of drug-likeness (QED) is 0.461. The van der Waals surface area contributed by atoms with E-state index in [0.717, 1.165) is 48.5 Å². The van der Waals surface area contributed by atoms with Gasteiger partial charge in [0.1, 0.15) is 0 Å². The van der Waals surface area contributed by atoms with Crippen LogP contribution in [0.25, 0.3) is 11.1 Å². The van der Waals surface area contributed by atoms with Gasteiger partial charge in [-0.1, -0.05) is 48.5 Å². The Bertz CT molecular complexity index is 937. The highest BCUT2D eigenvalue weighted by molar-refractivity contribution is 6.02. The summed E-state index contributed by atoms with van der Waals surface area (Å²) < 4.78 is 86.5. The Hall–Kier alpha value is -2.90. The number of carbonyl (C=O) groups excluding carboxylic acids is 2. The van der Waals surface area contributed by atoms with Crippen molar-refractivity contribution in [3.8, 4) is 0 Å². The van der Waals surface area contributed by atoms with E-state index in [4.69, 9.17) is 0 Å². The topological polar surface area (TPSA) is 34.1 Å². The Balaban J connectivity index is 2.30. The minimum absolute atomic E-state index is 0.113. The van der Waals surface area contributed by atoms with Crippen LogP contribution in [0.3, 0.4) is 0 Å². The van der Waals surface area contributed by atoms with Crippen LogP contribution in [0, 0.1) is 0 Å². The summed E-state index contributed by atoms with van der Waals surface area (Å²) in [5.74, 6) is -16.8. The average Bonchev–Trinajstić information content (AvgIpc) is 2.75. The zero-order valence-electron chi connectivity index (χ0n) is 15.2. The summed E-state index contributed by atoms with van der Waals surface area (Å²) in [4.78, 5) is 22.7. The smallest absolute Gasteiger partial charge is 0.295 e. The Labute approximate surface area is 161 Å². The second-order valence-electron chi connectivity index (χ2n) is 6.74. The standard InChI is InChI=1S/C21H14F6O2/c1-11(28)13-3-7-15(8-4-13)17-18(16-9-5-14(6-10-16)12(2)29)20(24,25)21(26,27)19(17,22)23/h3-10H,1-2H3. The first-order valence-corrected chi connectivity index (χ1v) is 8.43. The Morgan fingerprint density at radius 3 is 1.10 bits per heavy atom. The number of hydrogen-bond donors (Lipinski definition) is 0. The van der Waals surface area contributed by atoms with E-state index in [0.29, 0.717) is 0 Å². The maximum atomic E-state index is 14.6. The molecule has 0 N–H and O–H groups in total. The lowest BCUT2D eigenvalue weighted by atomic mass is 9.93. The largest absolute Gasteiger partial charge is 0.380 e. The average molecular weight is 412 g/mol. The molecule has 0 bridgehead atoms. The maximum absolute atomic E-state index is 14.6. The molecule has 0 heterocycles. The molecule has 0 unspecified atom stereocenters. The summed E-state index contributed by atoms with van der Waals surface area (Å²) >= 11 is 0. The normalized spacial score (nSPS) is 19.3. The fourth-order valence-electron chi connectivity index (χ4n) is 3.22. The van der Waals surface area contributed by atoms with Gasteiger partial charge in [-0.3, -0.25) is 9.59 Å². The highest BCUT2D eigenvalue weighted by Crippen LogP contribution is 2.64. The molecule has 8 heteroatoms. The van der Waals surface area contributed by atoms with Crippen molar-refractivity contribution in [2.45, 2.75) is 31.6 Å². The van der Waals surface area contributed by atoms with Crippen LogP contribution >= 0.6 is 0 Å². The number of hydrogen-bond acceptors (Lipinski definition) is 2. The van der Waals surface area contributed by atoms with Gasteiger partial charge >= 0.3 is 17.8 Å². The Morgan fingerprint density at radius 1 is 0.586 bits per heavy atom. The number of ketones is 2. The van der Waals surface area contributed by atoms with Crippen LogP contribution in [0.5, 0.6) is 0 Å². The van der Waals surface area contributed by atoms with Gasteiger partial charge in [0.2, 0.25) is 0 Å². The van der Waals surface area contributed by atoms with E-state index < -0.39 is 51.6 Å². The van der Waals surface area contributed by atoms with Crippen LogP contribution in [0.1, 0.15) is 45.7 Å². The number of Topliss-reactive ketones (excluding diaryl/α,β-unsaturated/α-hetero) is 2. The van der Waals surface area contributed by atoms with E-state index in [1.54, 1.807) is 0 Å². The molecule has 1 aliphatic carbocycles. The van der Waals surface area contributed by atoms with Gasteiger partial charge in [-0.15, -0.1) is 0 Å². The Kier molecular flexibility index (Phi) is 4.72. The highest BCUT2D eigenvalue weighted by Gasteiger charge is 2.80. The molecule has 29 heavy (non-hydrogen) atoms. The van der Waals surface area contributed by atoms with Gasteiger partial charge in [-0.25, -0.2) is 0 Å². The van der Waals surface area contributed by atoms with Gasteiger partial charge in [-0.2, -0.15) is 26.3 Å². The van der Waals surface area contributed by atoms with E-state index >= 15 is 0 Å². The van der Waals surface area contributed by atoms with Gasteiger partial charge in [0.25, 0.3) is 0 Å². The van der Waals surface area contributed by atoms with Crippen molar-refractivity contribution in [2.24, 2.45) is 0 Å². The first kappa shape index (κ1) is 20.8. The minimum Gasteiger partial charge on any atom is -0.295 e. The molecule has 0 amide bonds. The molecular formula is C21H14F6O2. The molecular weight excluding hydrogens is 398 g/mol. The highest BCUT2D eigenvalue weighted by atomic mass is 19.3. The van der Waals surface area contributed by atoms with E-state index in [-0.39, 0.29) is 11.1 Å². The summed E-state index contributed by atoms with van der Waals surface area (Å²) in [5.41, 5.74) is -3.91. The monoisotopic (exact) mass is 412 g/mol. The van der Waals surface area contributed by atoms with Crippen LogP contribution in [0.2, 0.25) is 0 Å². The second-order valence-corrected chi connectivity index (χ2v) is 6.74.